The Morgan fingerprint density at radius 3 is 2.90 bits per heavy atom. The number of aromatic nitrogens is 7. The highest BCUT2D eigenvalue weighted by Gasteiger charge is 2.17. The van der Waals surface area contributed by atoms with Crippen molar-refractivity contribution in [3.63, 3.8) is 0 Å². The highest BCUT2D eigenvalue weighted by atomic mass is 15.6. The van der Waals surface area contributed by atoms with Crippen LogP contribution < -0.4 is 9.36 Å². The first-order chi connectivity index (χ1) is 9.72. The molecule has 0 fully saturated rings. The second-order valence-corrected chi connectivity index (χ2v) is 4.53. The van der Waals surface area contributed by atoms with Gasteiger partial charge in [0.25, 0.3) is 12.5 Å². The second-order valence-electron chi connectivity index (χ2n) is 4.53. The van der Waals surface area contributed by atoms with E-state index in [1.54, 1.807) is 17.2 Å². The maximum atomic E-state index is 4.40. The van der Waals surface area contributed by atoms with Crippen LogP contribution in [0.3, 0.4) is 0 Å². The van der Waals surface area contributed by atoms with E-state index in [0.717, 1.165) is 17.1 Å². The van der Waals surface area contributed by atoms with Gasteiger partial charge in [0.15, 0.2) is 0 Å². The Hall–Kier alpha value is -2.70. The summed E-state index contributed by atoms with van der Waals surface area (Å²) in [5.41, 5.74) is 1.89. The molecule has 3 heterocycles. The molecule has 3 rings (SSSR count). The number of nitrogens with zero attached hydrogens (tertiary/aromatic N) is 6. The first-order valence-corrected chi connectivity index (χ1v) is 6.29. The summed E-state index contributed by atoms with van der Waals surface area (Å²) in [4.78, 5) is 10.1. The number of hydrogen-bond acceptors (Lipinski definition) is 4. The van der Waals surface area contributed by atoms with Crippen molar-refractivity contribution in [2.45, 2.75) is 20.5 Å². The third-order valence-corrected chi connectivity index (χ3v) is 2.95. The van der Waals surface area contributed by atoms with Crippen LogP contribution in [0.1, 0.15) is 11.4 Å². The number of pyridine rings is 1. The van der Waals surface area contributed by atoms with E-state index >= 15 is 0 Å². The minimum absolute atomic E-state index is 0.526. The van der Waals surface area contributed by atoms with Crippen molar-refractivity contribution in [3.8, 4) is 11.5 Å². The predicted molar refractivity (Wildman–Crippen MR) is 69.1 cm³/mol. The summed E-state index contributed by atoms with van der Waals surface area (Å²) in [7, 11) is 0. The number of nitrogens with one attached hydrogen (secondary N) is 1. The molecule has 20 heavy (non-hydrogen) atoms. The maximum Gasteiger partial charge on any atom is 0.357 e. The van der Waals surface area contributed by atoms with Crippen molar-refractivity contribution >= 4 is 0 Å². The van der Waals surface area contributed by atoms with Crippen molar-refractivity contribution in [2.75, 3.05) is 0 Å². The number of rotatable bonds is 3. The van der Waals surface area contributed by atoms with E-state index in [9.17, 15) is 0 Å². The summed E-state index contributed by atoms with van der Waals surface area (Å²) < 4.78 is 1.97. The average Bonchev–Trinajstić information content (AvgIpc) is 2.90. The largest absolute Gasteiger partial charge is 0.357 e. The van der Waals surface area contributed by atoms with Crippen LogP contribution in [0.15, 0.2) is 36.8 Å². The molecular formula is C13H15N7+2. The van der Waals surface area contributed by atoms with Gasteiger partial charge in [-0.2, -0.15) is 4.57 Å². The topological polar surface area (TPSA) is 75.1 Å². The molecule has 1 N–H and O–H groups in total. The van der Waals surface area contributed by atoms with Crippen LogP contribution in [0.25, 0.3) is 11.5 Å². The van der Waals surface area contributed by atoms with Crippen LogP contribution in [0.4, 0.5) is 0 Å². The van der Waals surface area contributed by atoms with E-state index in [1.807, 2.05) is 42.8 Å². The molecule has 0 radical (unpaired) electrons. The van der Waals surface area contributed by atoms with Gasteiger partial charge >= 0.3 is 5.82 Å². The Balaban J connectivity index is 1.86. The van der Waals surface area contributed by atoms with Crippen LogP contribution in [0.2, 0.25) is 0 Å². The molecule has 0 aromatic carbocycles. The van der Waals surface area contributed by atoms with Gasteiger partial charge in [0.1, 0.15) is 11.9 Å². The molecule has 0 aliphatic rings. The monoisotopic (exact) mass is 269 g/mol. The first kappa shape index (κ1) is 12.3. The number of aromatic amines is 1. The van der Waals surface area contributed by atoms with Gasteiger partial charge in [0, 0.05) is 19.2 Å². The third kappa shape index (κ3) is 2.51. The van der Waals surface area contributed by atoms with Crippen molar-refractivity contribution in [1.29, 1.82) is 0 Å². The minimum Gasteiger partial charge on any atom is -0.250 e. The van der Waals surface area contributed by atoms with Gasteiger partial charge in [-0.25, -0.2) is 0 Å². The molecule has 0 aliphatic heterocycles. The number of tetrazole rings is 1. The van der Waals surface area contributed by atoms with Crippen LogP contribution in [0, 0.1) is 13.8 Å². The molecule has 0 amide bonds. The predicted octanol–water partition coefficient (Wildman–Crippen LogP) is -0.0407. The van der Waals surface area contributed by atoms with Crippen LogP contribution in [-0.4, -0.2) is 25.4 Å². The smallest absolute Gasteiger partial charge is 0.250 e. The molecule has 7 nitrogen and oxygen atoms in total. The Bertz CT molecular complexity index is 735. The van der Waals surface area contributed by atoms with Gasteiger partial charge in [-0.3, -0.25) is 4.98 Å². The molecular weight excluding hydrogens is 254 g/mol. The maximum absolute atomic E-state index is 4.40. The lowest BCUT2D eigenvalue weighted by molar-refractivity contribution is -0.968. The van der Waals surface area contributed by atoms with Gasteiger partial charge in [0.05, 0.1) is 11.3 Å². The third-order valence-electron chi connectivity index (χ3n) is 2.95. The zero-order valence-electron chi connectivity index (χ0n) is 11.4. The average molecular weight is 269 g/mol. The van der Waals surface area contributed by atoms with Crippen molar-refractivity contribution in [1.82, 2.24) is 25.4 Å². The fourth-order valence-corrected chi connectivity index (χ4v) is 1.86. The summed E-state index contributed by atoms with van der Waals surface area (Å²) >= 11 is 0. The quantitative estimate of drug-likeness (QED) is 0.677. The van der Waals surface area contributed by atoms with Crippen molar-refractivity contribution < 1.29 is 9.36 Å². The zero-order chi connectivity index (χ0) is 13.9. The Kier molecular flexibility index (Phi) is 3.16. The lowest BCUT2D eigenvalue weighted by Gasteiger charge is -1.94. The summed E-state index contributed by atoms with van der Waals surface area (Å²) in [6.45, 7) is 4.49. The summed E-state index contributed by atoms with van der Waals surface area (Å²) in [5.74, 6) is 1.49. The summed E-state index contributed by atoms with van der Waals surface area (Å²) in [6, 6.07) is 5.78. The molecule has 0 saturated heterocycles. The fraction of sp³-hybridized carbons (Fsp3) is 0.231. The van der Waals surface area contributed by atoms with E-state index in [1.165, 1.54) is 0 Å². The van der Waals surface area contributed by atoms with Gasteiger partial charge in [0.2, 0.25) is 0 Å². The fourth-order valence-electron chi connectivity index (χ4n) is 1.86. The standard InChI is InChI=1S/C13H14N7/c1-10-4-6-15-12(8-10)13-16-18-20(17-13)9-19-7-3-5-14-11(19)2/h3-8H,9H2,1-2H3/q+1/p+1. The van der Waals surface area contributed by atoms with E-state index in [-0.39, 0.29) is 0 Å². The van der Waals surface area contributed by atoms with Gasteiger partial charge < -0.3 is 0 Å². The molecule has 0 atom stereocenters. The second kappa shape index (κ2) is 5.12. The van der Waals surface area contributed by atoms with Crippen LogP contribution in [-0.2, 0) is 6.67 Å². The highest BCUT2D eigenvalue weighted by molar-refractivity contribution is 5.47. The lowest BCUT2D eigenvalue weighted by Crippen LogP contribution is -2.56. The van der Waals surface area contributed by atoms with E-state index in [4.69, 9.17) is 0 Å². The number of hydrogen-bond donors (Lipinski definition) is 1. The zero-order valence-corrected chi connectivity index (χ0v) is 11.4. The molecule has 100 valence electrons. The Labute approximate surface area is 115 Å². The van der Waals surface area contributed by atoms with Gasteiger partial charge in [-0.1, -0.05) is 4.98 Å². The number of H-pyrrole nitrogens is 1. The lowest BCUT2D eigenvalue weighted by atomic mass is 10.2. The van der Waals surface area contributed by atoms with E-state index in [2.05, 4.69) is 25.4 Å². The first-order valence-electron chi connectivity index (χ1n) is 6.29. The van der Waals surface area contributed by atoms with Crippen LogP contribution in [0.5, 0.6) is 0 Å². The van der Waals surface area contributed by atoms with Crippen molar-refractivity contribution in [3.05, 3.63) is 48.2 Å². The SMILES string of the molecule is Cc1ccnc(-c2n[nH][n+](C[n+]3cccnc3C)n2)c1. The highest BCUT2D eigenvalue weighted by Crippen LogP contribution is 2.09. The molecule has 3 aromatic rings. The Morgan fingerprint density at radius 2 is 2.10 bits per heavy atom. The molecule has 0 saturated carbocycles. The molecule has 0 unspecified atom stereocenters. The molecule has 0 spiro atoms. The van der Waals surface area contributed by atoms with Crippen LogP contribution >= 0.6 is 0 Å². The molecule has 7 heteroatoms. The van der Waals surface area contributed by atoms with Crippen molar-refractivity contribution in [2.24, 2.45) is 0 Å². The summed E-state index contributed by atoms with van der Waals surface area (Å²) in [6.07, 6.45) is 5.47. The van der Waals surface area contributed by atoms with E-state index < -0.39 is 0 Å². The van der Waals surface area contributed by atoms with E-state index in [0.29, 0.717) is 12.5 Å². The molecule has 0 aliphatic carbocycles. The van der Waals surface area contributed by atoms with Gasteiger partial charge in [-0.05, 0) is 39.7 Å². The number of aryl methyl sites for hydroxylation is 2. The molecule has 3 aromatic heterocycles. The normalized spacial score (nSPS) is 10.7. The Morgan fingerprint density at radius 1 is 1.20 bits per heavy atom. The molecule has 0 bridgehead atoms. The minimum atomic E-state index is 0.526. The summed E-state index contributed by atoms with van der Waals surface area (Å²) in [5, 5.41) is 11.4. The van der Waals surface area contributed by atoms with Gasteiger partial charge in [-0.15, -0.1) is 0 Å².